The molecule has 0 saturated carbocycles. The van der Waals surface area contributed by atoms with E-state index in [0.29, 0.717) is 17.1 Å². The number of hydrogen-bond donors (Lipinski definition) is 2. The van der Waals surface area contributed by atoms with Crippen LogP contribution in [0.4, 0.5) is 0 Å². The van der Waals surface area contributed by atoms with E-state index in [1.807, 2.05) is 0 Å². The number of carbonyl (C=O) groups is 1. The van der Waals surface area contributed by atoms with Gasteiger partial charge in [-0.1, -0.05) is 0 Å². The number of carbonyl (C=O) groups excluding carboxylic acids is 1. The maximum absolute atomic E-state index is 11.1. The van der Waals surface area contributed by atoms with Crippen LogP contribution in [0.5, 0.6) is 11.5 Å². The van der Waals surface area contributed by atoms with Crippen LogP contribution in [0.25, 0.3) is 0 Å². The highest BCUT2D eigenvalue weighted by molar-refractivity contribution is 5.86. The fourth-order valence-corrected chi connectivity index (χ4v) is 1.18. The van der Waals surface area contributed by atoms with E-state index in [2.05, 4.69) is 10.5 Å². The standard InChI is InChI=1S/C12H16N2O4/c1-8(15)12(16)14-13-7-9-4-5-10(17-2)6-11(9)18-3/h4-8,15H,1-3H3,(H,14,16)/b13-7-/t8-/m1/s1. The van der Waals surface area contributed by atoms with Crippen LogP contribution in [0.3, 0.4) is 0 Å². The Kier molecular flexibility index (Phi) is 5.13. The minimum Gasteiger partial charge on any atom is -0.497 e. The molecule has 0 unspecified atom stereocenters. The summed E-state index contributed by atoms with van der Waals surface area (Å²) in [6, 6.07) is 5.20. The van der Waals surface area contributed by atoms with Gasteiger partial charge in [-0.25, -0.2) is 5.43 Å². The minimum absolute atomic E-state index is 0.571. The number of ether oxygens (including phenoxy) is 2. The molecule has 6 nitrogen and oxygen atoms in total. The molecular formula is C12H16N2O4. The highest BCUT2D eigenvalue weighted by Crippen LogP contribution is 2.22. The van der Waals surface area contributed by atoms with E-state index in [4.69, 9.17) is 14.6 Å². The van der Waals surface area contributed by atoms with Crippen LogP contribution in [0.1, 0.15) is 12.5 Å². The zero-order valence-electron chi connectivity index (χ0n) is 10.5. The Morgan fingerprint density at radius 1 is 1.44 bits per heavy atom. The van der Waals surface area contributed by atoms with Crippen molar-refractivity contribution >= 4 is 12.1 Å². The number of methoxy groups -OCH3 is 2. The van der Waals surface area contributed by atoms with Crippen LogP contribution in [0, 0.1) is 0 Å². The molecule has 1 aromatic carbocycles. The molecule has 98 valence electrons. The predicted molar refractivity (Wildman–Crippen MR) is 67.0 cm³/mol. The second-order valence-corrected chi connectivity index (χ2v) is 3.52. The van der Waals surface area contributed by atoms with Gasteiger partial charge in [0.1, 0.15) is 17.6 Å². The van der Waals surface area contributed by atoms with Gasteiger partial charge in [0.25, 0.3) is 5.91 Å². The molecule has 1 aromatic rings. The van der Waals surface area contributed by atoms with E-state index >= 15 is 0 Å². The van der Waals surface area contributed by atoms with Gasteiger partial charge in [0.05, 0.1) is 20.4 Å². The summed E-state index contributed by atoms with van der Waals surface area (Å²) < 4.78 is 10.2. The Morgan fingerprint density at radius 2 is 2.17 bits per heavy atom. The van der Waals surface area contributed by atoms with Crippen molar-refractivity contribution in [2.45, 2.75) is 13.0 Å². The molecule has 0 aliphatic carbocycles. The topological polar surface area (TPSA) is 80.2 Å². The summed E-state index contributed by atoms with van der Waals surface area (Å²) in [5, 5.41) is 12.7. The molecule has 2 N–H and O–H groups in total. The molecule has 1 rings (SSSR count). The quantitative estimate of drug-likeness (QED) is 0.592. The molecular weight excluding hydrogens is 236 g/mol. The summed E-state index contributed by atoms with van der Waals surface area (Å²) in [7, 11) is 3.09. The van der Waals surface area contributed by atoms with Gasteiger partial charge in [-0.15, -0.1) is 0 Å². The zero-order chi connectivity index (χ0) is 13.5. The smallest absolute Gasteiger partial charge is 0.268 e. The second-order valence-electron chi connectivity index (χ2n) is 3.52. The van der Waals surface area contributed by atoms with E-state index in [1.165, 1.54) is 20.2 Å². The van der Waals surface area contributed by atoms with Crippen molar-refractivity contribution in [2.75, 3.05) is 14.2 Å². The molecule has 0 spiro atoms. The van der Waals surface area contributed by atoms with Gasteiger partial charge in [-0.3, -0.25) is 4.79 Å². The van der Waals surface area contributed by atoms with Crippen molar-refractivity contribution in [3.8, 4) is 11.5 Å². The number of rotatable bonds is 5. The summed E-state index contributed by atoms with van der Waals surface area (Å²) in [4.78, 5) is 11.1. The number of aliphatic hydroxyl groups is 1. The summed E-state index contributed by atoms with van der Waals surface area (Å²) in [5.41, 5.74) is 2.89. The third-order valence-electron chi connectivity index (χ3n) is 2.20. The summed E-state index contributed by atoms with van der Waals surface area (Å²) in [6.07, 6.45) is 0.332. The number of hydrazone groups is 1. The Morgan fingerprint density at radius 3 is 2.72 bits per heavy atom. The van der Waals surface area contributed by atoms with Gasteiger partial charge < -0.3 is 14.6 Å². The molecule has 0 aromatic heterocycles. The van der Waals surface area contributed by atoms with Crippen molar-refractivity contribution in [1.82, 2.24) is 5.43 Å². The molecule has 0 bridgehead atoms. The highest BCUT2D eigenvalue weighted by atomic mass is 16.5. The molecule has 1 amide bonds. The van der Waals surface area contributed by atoms with Gasteiger partial charge in [0.15, 0.2) is 0 Å². The van der Waals surface area contributed by atoms with Gasteiger partial charge in [0, 0.05) is 11.6 Å². The molecule has 0 heterocycles. The van der Waals surface area contributed by atoms with Gasteiger partial charge >= 0.3 is 0 Å². The predicted octanol–water partition coefficient (Wildman–Crippen LogP) is 0.535. The van der Waals surface area contributed by atoms with Crippen molar-refractivity contribution in [1.29, 1.82) is 0 Å². The molecule has 18 heavy (non-hydrogen) atoms. The van der Waals surface area contributed by atoms with Crippen LogP contribution < -0.4 is 14.9 Å². The van der Waals surface area contributed by atoms with Crippen molar-refractivity contribution in [3.63, 3.8) is 0 Å². The van der Waals surface area contributed by atoms with Crippen LogP contribution in [-0.4, -0.2) is 37.6 Å². The third kappa shape index (κ3) is 3.74. The number of aliphatic hydroxyl groups excluding tert-OH is 1. The van der Waals surface area contributed by atoms with E-state index in [0.717, 1.165) is 0 Å². The first-order chi connectivity index (χ1) is 8.58. The minimum atomic E-state index is -1.10. The fraction of sp³-hybridized carbons (Fsp3) is 0.333. The summed E-state index contributed by atoms with van der Waals surface area (Å²) in [6.45, 7) is 1.36. The number of nitrogens with one attached hydrogen (secondary N) is 1. The Hall–Kier alpha value is -2.08. The Labute approximate surface area is 105 Å². The maximum Gasteiger partial charge on any atom is 0.268 e. The third-order valence-corrected chi connectivity index (χ3v) is 2.20. The highest BCUT2D eigenvalue weighted by Gasteiger charge is 2.06. The first-order valence-electron chi connectivity index (χ1n) is 5.31. The van der Waals surface area contributed by atoms with Gasteiger partial charge in [0.2, 0.25) is 0 Å². The normalized spacial score (nSPS) is 12.2. The lowest BCUT2D eigenvalue weighted by atomic mass is 10.2. The van der Waals surface area contributed by atoms with Crippen molar-refractivity contribution in [2.24, 2.45) is 5.10 Å². The molecule has 0 saturated heterocycles. The van der Waals surface area contributed by atoms with Crippen LogP contribution >= 0.6 is 0 Å². The average Bonchev–Trinajstić information content (AvgIpc) is 2.38. The van der Waals surface area contributed by atoms with E-state index in [9.17, 15) is 4.79 Å². The van der Waals surface area contributed by atoms with E-state index < -0.39 is 12.0 Å². The fourth-order valence-electron chi connectivity index (χ4n) is 1.18. The van der Waals surface area contributed by atoms with Crippen LogP contribution in [0.15, 0.2) is 23.3 Å². The molecule has 1 atom stereocenters. The largest absolute Gasteiger partial charge is 0.497 e. The van der Waals surface area contributed by atoms with Crippen LogP contribution in [0.2, 0.25) is 0 Å². The average molecular weight is 252 g/mol. The van der Waals surface area contributed by atoms with Gasteiger partial charge in [-0.2, -0.15) is 5.10 Å². The first kappa shape index (κ1) is 14.0. The molecule has 6 heteroatoms. The lowest BCUT2D eigenvalue weighted by Crippen LogP contribution is -2.28. The Bertz CT molecular complexity index is 444. The van der Waals surface area contributed by atoms with Crippen molar-refractivity contribution < 1.29 is 19.4 Å². The van der Waals surface area contributed by atoms with E-state index in [1.54, 1.807) is 25.3 Å². The summed E-state index contributed by atoms with van der Waals surface area (Å²) in [5.74, 6) is 0.667. The number of benzene rings is 1. The number of hydrogen-bond acceptors (Lipinski definition) is 5. The first-order valence-corrected chi connectivity index (χ1v) is 5.31. The second kappa shape index (κ2) is 6.61. The SMILES string of the molecule is COc1ccc(/C=N\NC(=O)[C@@H](C)O)c(OC)c1. The lowest BCUT2D eigenvalue weighted by Gasteiger charge is -2.07. The molecule has 0 aliphatic heterocycles. The van der Waals surface area contributed by atoms with E-state index in [-0.39, 0.29) is 0 Å². The zero-order valence-corrected chi connectivity index (χ0v) is 10.5. The molecule has 0 aliphatic rings. The molecule has 0 radical (unpaired) electrons. The monoisotopic (exact) mass is 252 g/mol. The van der Waals surface area contributed by atoms with Crippen molar-refractivity contribution in [3.05, 3.63) is 23.8 Å². The Balaban J connectivity index is 2.78. The number of nitrogens with zero attached hydrogens (tertiary/aromatic N) is 1. The summed E-state index contributed by atoms with van der Waals surface area (Å²) >= 11 is 0. The lowest BCUT2D eigenvalue weighted by molar-refractivity contribution is -0.128. The maximum atomic E-state index is 11.1. The molecule has 0 fully saturated rings. The van der Waals surface area contributed by atoms with Gasteiger partial charge in [-0.05, 0) is 19.1 Å². The number of amides is 1. The van der Waals surface area contributed by atoms with Crippen LogP contribution in [-0.2, 0) is 4.79 Å².